The van der Waals surface area contributed by atoms with Crippen LogP contribution in [0.2, 0.25) is 5.02 Å². The quantitative estimate of drug-likeness (QED) is 0.565. The fourth-order valence-corrected chi connectivity index (χ4v) is 1.94. The van der Waals surface area contributed by atoms with Gasteiger partial charge in [0.25, 0.3) is 0 Å². The molecule has 5 heteroatoms. The molecule has 0 spiro atoms. The Balaban J connectivity index is 2.30. The number of hydrogen-bond donors (Lipinski definition) is 0. The van der Waals surface area contributed by atoms with E-state index in [9.17, 15) is 4.79 Å². The first-order valence-electron chi connectivity index (χ1n) is 6.57. The fourth-order valence-electron chi connectivity index (χ4n) is 1.70. The van der Waals surface area contributed by atoms with E-state index in [2.05, 4.69) is 0 Å². The van der Waals surface area contributed by atoms with E-state index < -0.39 is 5.41 Å². The van der Waals surface area contributed by atoms with E-state index in [0.29, 0.717) is 24.1 Å². The maximum atomic E-state index is 12.1. The van der Waals surface area contributed by atoms with Gasteiger partial charge in [-0.15, -0.1) is 11.6 Å². The number of carbonyl (C=O) groups is 1. The predicted molar refractivity (Wildman–Crippen MR) is 83.7 cm³/mol. The van der Waals surface area contributed by atoms with E-state index in [1.165, 1.54) is 0 Å². The van der Waals surface area contributed by atoms with Gasteiger partial charge >= 0.3 is 0 Å². The highest BCUT2D eigenvalue weighted by atomic mass is 35.5. The first kappa shape index (κ1) is 17.1. The monoisotopic (exact) mass is 317 g/mol. The minimum absolute atomic E-state index is 0.0546. The fraction of sp³-hybridized carbons (Fsp3) is 0.533. The molecule has 0 aliphatic heterocycles. The van der Waals surface area contributed by atoms with Crippen molar-refractivity contribution in [2.75, 3.05) is 26.1 Å². The molecule has 0 radical (unpaired) electrons. The SMILES string of the molecule is CN(CCCOc1ccc(Cl)cc1)C(=O)C(C)(C)CCl. The topological polar surface area (TPSA) is 29.5 Å². The third-order valence-electron chi connectivity index (χ3n) is 2.98. The van der Waals surface area contributed by atoms with Crippen molar-refractivity contribution in [1.29, 1.82) is 0 Å². The first-order chi connectivity index (χ1) is 9.36. The zero-order valence-corrected chi connectivity index (χ0v) is 13.7. The molecule has 0 heterocycles. The summed E-state index contributed by atoms with van der Waals surface area (Å²) in [7, 11) is 1.79. The Bertz CT molecular complexity index is 432. The van der Waals surface area contributed by atoms with Crippen LogP contribution < -0.4 is 4.74 Å². The van der Waals surface area contributed by atoms with Crippen molar-refractivity contribution in [3.05, 3.63) is 29.3 Å². The molecule has 0 fully saturated rings. The molecule has 112 valence electrons. The largest absolute Gasteiger partial charge is 0.494 e. The highest BCUT2D eigenvalue weighted by molar-refractivity contribution is 6.30. The molecule has 0 saturated carbocycles. The summed E-state index contributed by atoms with van der Waals surface area (Å²) < 4.78 is 5.58. The highest BCUT2D eigenvalue weighted by Crippen LogP contribution is 2.20. The van der Waals surface area contributed by atoms with Gasteiger partial charge in [-0.25, -0.2) is 0 Å². The maximum absolute atomic E-state index is 12.1. The number of hydrogen-bond acceptors (Lipinski definition) is 2. The second-order valence-corrected chi connectivity index (χ2v) is 6.10. The van der Waals surface area contributed by atoms with Gasteiger partial charge in [-0.3, -0.25) is 4.79 Å². The number of amides is 1. The van der Waals surface area contributed by atoms with E-state index in [1.807, 2.05) is 26.0 Å². The van der Waals surface area contributed by atoms with Gasteiger partial charge in [-0.05, 0) is 44.5 Å². The molecule has 1 aromatic carbocycles. The van der Waals surface area contributed by atoms with E-state index >= 15 is 0 Å². The van der Waals surface area contributed by atoms with E-state index in [4.69, 9.17) is 27.9 Å². The van der Waals surface area contributed by atoms with Gasteiger partial charge in [0, 0.05) is 24.5 Å². The molecule has 0 aliphatic rings. The molecular weight excluding hydrogens is 297 g/mol. The van der Waals surface area contributed by atoms with Gasteiger partial charge in [0.05, 0.1) is 12.0 Å². The number of nitrogens with zero attached hydrogens (tertiary/aromatic N) is 1. The lowest BCUT2D eigenvalue weighted by molar-refractivity contribution is -0.137. The Morgan fingerprint density at radius 1 is 1.30 bits per heavy atom. The van der Waals surface area contributed by atoms with Crippen LogP contribution in [0.25, 0.3) is 0 Å². The average molecular weight is 318 g/mol. The van der Waals surface area contributed by atoms with Crippen LogP contribution in [-0.2, 0) is 4.79 Å². The second kappa shape index (κ2) is 7.75. The molecule has 1 aromatic rings. The molecule has 0 N–H and O–H groups in total. The Hall–Kier alpha value is -0.930. The van der Waals surface area contributed by atoms with Crippen molar-refractivity contribution in [3.63, 3.8) is 0 Å². The summed E-state index contributed by atoms with van der Waals surface area (Å²) in [6.45, 7) is 4.90. The van der Waals surface area contributed by atoms with Gasteiger partial charge in [0.15, 0.2) is 0 Å². The summed E-state index contributed by atoms with van der Waals surface area (Å²) >= 11 is 11.6. The lowest BCUT2D eigenvalue weighted by atomic mass is 9.94. The number of benzene rings is 1. The summed E-state index contributed by atoms with van der Waals surface area (Å²) in [5.41, 5.74) is -0.520. The smallest absolute Gasteiger partial charge is 0.229 e. The van der Waals surface area contributed by atoms with Gasteiger partial charge in [-0.1, -0.05) is 11.6 Å². The molecule has 0 aliphatic carbocycles. The minimum atomic E-state index is -0.520. The van der Waals surface area contributed by atoms with Crippen molar-refractivity contribution in [2.45, 2.75) is 20.3 Å². The van der Waals surface area contributed by atoms with Crippen LogP contribution >= 0.6 is 23.2 Å². The van der Waals surface area contributed by atoms with Crippen LogP contribution in [0.3, 0.4) is 0 Å². The Morgan fingerprint density at radius 3 is 2.45 bits per heavy atom. The predicted octanol–water partition coefficient (Wildman–Crippen LogP) is 3.83. The number of alkyl halides is 1. The van der Waals surface area contributed by atoms with Gasteiger partial charge in [0.2, 0.25) is 5.91 Å². The van der Waals surface area contributed by atoms with Crippen molar-refractivity contribution in [1.82, 2.24) is 4.90 Å². The number of carbonyl (C=O) groups excluding carboxylic acids is 1. The normalized spacial score (nSPS) is 11.2. The third kappa shape index (κ3) is 5.22. The van der Waals surface area contributed by atoms with Gasteiger partial charge in [0.1, 0.15) is 5.75 Å². The van der Waals surface area contributed by atoms with Crippen LogP contribution in [0.4, 0.5) is 0 Å². The zero-order chi connectivity index (χ0) is 15.2. The van der Waals surface area contributed by atoms with Crippen LogP contribution in [0.1, 0.15) is 20.3 Å². The third-order valence-corrected chi connectivity index (χ3v) is 3.90. The summed E-state index contributed by atoms with van der Waals surface area (Å²) in [6.07, 6.45) is 0.767. The van der Waals surface area contributed by atoms with E-state index in [1.54, 1.807) is 24.1 Å². The standard InChI is InChI=1S/C15H21Cl2NO2/c1-15(2,11-16)14(19)18(3)9-4-10-20-13-7-5-12(17)6-8-13/h5-8H,4,9-11H2,1-3H3. The summed E-state index contributed by atoms with van der Waals surface area (Å²) in [4.78, 5) is 13.8. The van der Waals surface area contributed by atoms with Crippen LogP contribution in [-0.4, -0.2) is 36.9 Å². The van der Waals surface area contributed by atoms with Crippen molar-refractivity contribution >= 4 is 29.1 Å². The Kier molecular flexibility index (Phi) is 6.63. The minimum Gasteiger partial charge on any atom is -0.494 e. The zero-order valence-electron chi connectivity index (χ0n) is 12.2. The molecule has 0 bridgehead atoms. The molecule has 0 unspecified atom stereocenters. The number of ether oxygens (including phenoxy) is 1. The molecule has 0 aromatic heterocycles. The summed E-state index contributed by atoms with van der Waals surface area (Å²) in [5, 5.41) is 0.686. The molecule has 1 amide bonds. The maximum Gasteiger partial charge on any atom is 0.229 e. The molecule has 1 rings (SSSR count). The Morgan fingerprint density at radius 2 is 1.90 bits per heavy atom. The summed E-state index contributed by atoms with van der Waals surface area (Å²) in [5.74, 6) is 1.15. The number of rotatable bonds is 7. The average Bonchev–Trinajstić information content (AvgIpc) is 2.44. The summed E-state index contributed by atoms with van der Waals surface area (Å²) in [6, 6.07) is 7.23. The van der Waals surface area contributed by atoms with Gasteiger partial charge < -0.3 is 9.64 Å². The van der Waals surface area contributed by atoms with Crippen molar-refractivity contribution in [2.24, 2.45) is 5.41 Å². The second-order valence-electron chi connectivity index (χ2n) is 5.40. The van der Waals surface area contributed by atoms with E-state index in [-0.39, 0.29) is 5.91 Å². The lowest BCUT2D eigenvalue weighted by Crippen LogP contribution is -2.40. The molecule has 0 saturated heterocycles. The lowest BCUT2D eigenvalue weighted by Gasteiger charge is -2.27. The van der Waals surface area contributed by atoms with Crippen LogP contribution in [0.15, 0.2) is 24.3 Å². The molecule has 3 nitrogen and oxygen atoms in total. The van der Waals surface area contributed by atoms with Crippen LogP contribution in [0.5, 0.6) is 5.75 Å². The van der Waals surface area contributed by atoms with Crippen LogP contribution in [0, 0.1) is 5.41 Å². The molecule has 0 atom stereocenters. The van der Waals surface area contributed by atoms with Crippen molar-refractivity contribution < 1.29 is 9.53 Å². The number of halogens is 2. The van der Waals surface area contributed by atoms with Crippen molar-refractivity contribution in [3.8, 4) is 5.75 Å². The molecule has 20 heavy (non-hydrogen) atoms. The van der Waals surface area contributed by atoms with Gasteiger partial charge in [-0.2, -0.15) is 0 Å². The first-order valence-corrected chi connectivity index (χ1v) is 7.48. The van der Waals surface area contributed by atoms with E-state index in [0.717, 1.165) is 12.2 Å². The highest BCUT2D eigenvalue weighted by Gasteiger charge is 2.29. The molecular formula is C15H21Cl2NO2. The Labute approximate surface area is 130 Å².